The SMILES string of the molecule is CC(C)C[C@H](NC(=O)[C@@H](NC(=O)[C@H](CC(C)C)NC(=O)[C@@H](N)Cc1ccccc1)C(C)C)C(=O)N[C@@H](CC(N)=O)C(=O)N[C@@H](CCCCN)C(=O)N[C@H](C(=O)N[C@H](C(=O)N[C@H](C(=O)NCC(=O)O)C(C)C)C(C)C)[C@@H](C)O. The van der Waals surface area contributed by atoms with E-state index in [0.29, 0.717) is 6.42 Å². The molecule has 0 spiro atoms. The van der Waals surface area contributed by atoms with Gasteiger partial charge in [-0.2, -0.15) is 0 Å². The Hall–Kier alpha value is -6.73. The van der Waals surface area contributed by atoms with Crippen molar-refractivity contribution in [3.8, 4) is 0 Å². The van der Waals surface area contributed by atoms with E-state index >= 15 is 0 Å². The van der Waals surface area contributed by atoms with Crippen LogP contribution in [0, 0.1) is 29.6 Å². The molecule has 0 aliphatic rings. The van der Waals surface area contributed by atoms with Crippen molar-refractivity contribution in [2.75, 3.05) is 13.1 Å². The number of aliphatic hydroxyl groups excluding tert-OH is 1. The van der Waals surface area contributed by atoms with Crippen molar-refractivity contribution in [3.05, 3.63) is 35.9 Å². The first kappa shape index (κ1) is 68.3. The lowest BCUT2D eigenvalue weighted by molar-refractivity contribution is -0.139. The summed E-state index contributed by atoms with van der Waals surface area (Å²) in [5.41, 5.74) is 18.3. The molecule has 0 aromatic heterocycles. The topological polar surface area (TPSA) is 415 Å². The Kier molecular flexibility index (Phi) is 30.3. The Morgan fingerprint density at radius 3 is 1.34 bits per heavy atom. The minimum atomic E-state index is -1.73. The maximum atomic E-state index is 14.1. The molecular weight excluding hydrogens is 1000 g/mol. The van der Waals surface area contributed by atoms with Crippen molar-refractivity contribution < 1.29 is 63.0 Å². The van der Waals surface area contributed by atoms with E-state index in [0.717, 1.165) is 5.56 Å². The highest BCUT2D eigenvalue weighted by Crippen LogP contribution is 2.14. The highest BCUT2D eigenvalue weighted by atomic mass is 16.4. The molecule has 0 radical (unpaired) electrons. The molecule has 0 bridgehead atoms. The molecule has 10 atom stereocenters. The lowest BCUT2D eigenvalue weighted by atomic mass is 9.98. The van der Waals surface area contributed by atoms with E-state index in [1.165, 1.54) is 6.92 Å². The maximum Gasteiger partial charge on any atom is 0.322 e. The van der Waals surface area contributed by atoms with Gasteiger partial charge in [-0.1, -0.05) is 99.6 Å². The van der Waals surface area contributed by atoms with Crippen LogP contribution in [0.25, 0.3) is 0 Å². The largest absolute Gasteiger partial charge is 0.480 e. The molecule has 1 aromatic carbocycles. The summed E-state index contributed by atoms with van der Waals surface area (Å²) in [6.07, 6.45) is -1.38. The average molecular weight is 1090 g/mol. The quantitative estimate of drug-likeness (QED) is 0.0330. The molecule has 0 saturated heterocycles. The summed E-state index contributed by atoms with van der Waals surface area (Å²) in [6, 6.07) is -2.96. The van der Waals surface area contributed by atoms with Gasteiger partial charge in [-0.05, 0) is 87.1 Å². The number of primary amides is 1. The number of carbonyl (C=O) groups excluding carboxylic acids is 10. The van der Waals surface area contributed by atoms with Crippen LogP contribution in [0.3, 0.4) is 0 Å². The third-order valence-electron chi connectivity index (χ3n) is 12.2. The summed E-state index contributed by atoms with van der Waals surface area (Å²) in [4.78, 5) is 147. The zero-order valence-corrected chi connectivity index (χ0v) is 46.5. The molecular formula is C52H88N12O13. The van der Waals surface area contributed by atoms with Crippen LogP contribution in [0.2, 0.25) is 0 Å². The number of hydrogen-bond donors (Lipinski definition) is 14. The molecule has 0 saturated carbocycles. The zero-order chi connectivity index (χ0) is 58.9. The van der Waals surface area contributed by atoms with Gasteiger partial charge in [0.1, 0.15) is 54.9 Å². The highest BCUT2D eigenvalue weighted by Gasteiger charge is 2.38. The molecule has 10 amide bonds. The van der Waals surface area contributed by atoms with E-state index < -0.39 is 156 Å². The number of unbranched alkanes of at least 4 members (excludes halogenated alkanes) is 1. The van der Waals surface area contributed by atoms with Gasteiger partial charge in [-0.25, -0.2) is 0 Å². The van der Waals surface area contributed by atoms with E-state index in [1.807, 2.05) is 44.2 Å². The second-order valence-electron chi connectivity index (χ2n) is 21.3. The number of rotatable bonds is 35. The number of benzene rings is 1. The first-order valence-electron chi connectivity index (χ1n) is 26.3. The first-order valence-corrected chi connectivity index (χ1v) is 26.3. The van der Waals surface area contributed by atoms with E-state index in [2.05, 4.69) is 47.9 Å². The maximum absolute atomic E-state index is 14.1. The summed E-state index contributed by atoms with van der Waals surface area (Å²) >= 11 is 0. The molecule has 434 valence electrons. The zero-order valence-electron chi connectivity index (χ0n) is 46.5. The van der Waals surface area contributed by atoms with E-state index in [4.69, 9.17) is 22.3 Å². The van der Waals surface area contributed by atoms with Crippen LogP contribution in [-0.2, 0) is 59.2 Å². The Morgan fingerprint density at radius 1 is 0.494 bits per heavy atom. The average Bonchev–Trinajstić information content (AvgIpc) is 3.32. The van der Waals surface area contributed by atoms with Gasteiger partial charge in [0.15, 0.2) is 0 Å². The van der Waals surface area contributed by atoms with Crippen LogP contribution in [0.4, 0.5) is 0 Å². The van der Waals surface area contributed by atoms with Gasteiger partial charge >= 0.3 is 5.97 Å². The predicted octanol–water partition coefficient (Wildman–Crippen LogP) is -1.92. The standard InChI is InChI=1S/C52H88N12O13/c1-26(2)21-35(60-50(75)41(29(7)8)61-48(73)36(22-27(3)4)58-44(69)33(54)23-32-17-13-12-14-18-32)46(71)59-37(24-38(55)66)47(72)57-34(19-15-16-20-53)45(70)64-43(31(11)65)52(77)63-42(30(9)10)51(76)62-40(28(5)6)49(74)56-25-39(67)68/h12-14,17-18,26-31,33-37,40-43,65H,15-16,19-25,53-54H2,1-11H3,(H2,55,66)(H,56,74)(H,57,72)(H,58,69)(H,59,71)(H,60,75)(H,61,73)(H,62,76)(H,63,77)(H,64,70)(H,67,68)/t31-,33+,34+,35+,36+,37+,40+,41+,42+,43+/m1/s1. The fourth-order valence-corrected chi connectivity index (χ4v) is 7.90. The van der Waals surface area contributed by atoms with Gasteiger partial charge in [-0.3, -0.25) is 52.7 Å². The number of amides is 10. The van der Waals surface area contributed by atoms with Crippen molar-refractivity contribution in [2.24, 2.45) is 46.8 Å². The summed E-state index contributed by atoms with van der Waals surface area (Å²) in [7, 11) is 0. The fourth-order valence-electron chi connectivity index (χ4n) is 7.90. The third kappa shape index (κ3) is 25.3. The van der Waals surface area contributed by atoms with Crippen LogP contribution in [0.15, 0.2) is 30.3 Å². The molecule has 0 heterocycles. The number of nitrogens with one attached hydrogen (secondary N) is 9. The highest BCUT2D eigenvalue weighted by molar-refractivity contribution is 5.99. The molecule has 0 aliphatic heterocycles. The summed E-state index contributed by atoms with van der Waals surface area (Å²) in [5.74, 6) is -11.9. The van der Waals surface area contributed by atoms with E-state index in [-0.39, 0.29) is 50.5 Å². The van der Waals surface area contributed by atoms with E-state index in [9.17, 15) is 57.8 Å². The molecule has 0 aliphatic carbocycles. The molecule has 0 unspecified atom stereocenters. The second kappa shape index (κ2) is 34.1. The second-order valence-corrected chi connectivity index (χ2v) is 21.3. The van der Waals surface area contributed by atoms with Crippen LogP contribution >= 0.6 is 0 Å². The van der Waals surface area contributed by atoms with Crippen LogP contribution < -0.4 is 65.1 Å². The Morgan fingerprint density at radius 2 is 0.883 bits per heavy atom. The molecule has 25 heteroatoms. The lowest BCUT2D eigenvalue weighted by Gasteiger charge is -2.30. The number of nitrogens with two attached hydrogens (primary N) is 3. The van der Waals surface area contributed by atoms with Gasteiger partial charge in [0.05, 0.1) is 18.6 Å². The summed E-state index contributed by atoms with van der Waals surface area (Å²) < 4.78 is 0. The van der Waals surface area contributed by atoms with Gasteiger partial charge < -0.3 is 75.3 Å². The van der Waals surface area contributed by atoms with Crippen molar-refractivity contribution in [1.82, 2.24) is 47.9 Å². The van der Waals surface area contributed by atoms with Crippen molar-refractivity contribution in [3.63, 3.8) is 0 Å². The summed E-state index contributed by atoms with van der Waals surface area (Å²) in [6.45, 7) is 17.6. The number of carboxylic acids is 1. The first-order chi connectivity index (χ1) is 35.9. The Balaban J connectivity index is 3.40. The smallest absolute Gasteiger partial charge is 0.322 e. The molecule has 1 aromatic rings. The normalized spacial score (nSPS) is 15.3. The minimum absolute atomic E-state index is 0.0131. The number of hydrogen-bond acceptors (Lipinski definition) is 14. The monoisotopic (exact) mass is 1090 g/mol. The van der Waals surface area contributed by atoms with Crippen molar-refractivity contribution in [1.29, 1.82) is 0 Å². The van der Waals surface area contributed by atoms with Crippen LogP contribution in [0.5, 0.6) is 0 Å². The molecule has 0 fully saturated rings. The third-order valence-corrected chi connectivity index (χ3v) is 12.2. The van der Waals surface area contributed by atoms with Gasteiger partial charge in [0.2, 0.25) is 59.1 Å². The van der Waals surface area contributed by atoms with Gasteiger partial charge in [0.25, 0.3) is 0 Å². The van der Waals surface area contributed by atoms with Crippen LogP contribution in [-0.4, -0.2) is 149 Å². The van der Waals surface area contributed by atoms with Gasteiger partial charge in [-0.15, -0.1) is 0 Å². The Bertz CT molecular complexity index is 2140. The minimum Gasteiger partial charge on any atom is -0.480 e. The predicted molar refractivity (Wildman–Crippen MR) is 286 cm³/mol. The number of carboxylic acid groups (broad SMARTS) is 1. The number of carbonyl (C=O) groups is 11. The van der Waals surface area contributed by atoms with Crippen molar-refractivity contribution in [2.45, 2.75) is 182 Å². The lowest BCUT2D eigenvalue weighted by Crippen LogP contribution is -2.63. The Labute approximate surface area is 452 Å². The fraction of sp³-hybridized carbons (Fsp3) is 0.673. The van der Waals surface area contributed by atoms with Crippen LogP contribution in [0.1, 0.15) is 120 Å². The van der Waals surface area contributed by atoms with E-state index in [1.54, 1.807) is 55.4 Å². The molecule has 25 nitrogen and oxygen atoms in total. The van der Waals surface area contributed by atoms with Gasteiger partial charge in [0, 0.05) is 0 Å². The molecule has 17 N–H and O–H groups in total. The number of aliphatic carboxylic acids is 1. The number of aliphatic hydroxyl groups is 1. The van der Waals surface area contributed by atoms with Crippen molar-refractivity contribution >= 4 is 65.0 Å². The summed E-state index contributed by atoms with van der Waals surface area (Å²) in [5, 5.41) is 42.5. The molecule has 1 rings (SSSR count). The molecule has 77 heavy (non-hydrogen) atoms.